The minimum Gasteiger partial charge on any atom is -0.467 e. The zero-order valence-electron chi connectivity index (χ0n) is 12.2. The Morgan fingerprint density at radius 1 is 1.33 bits per heavy atom. The molecule has 2 atom stereocenters. The minimum atomic E-state index is 0.0788. The van der Waals surface area contributed by atoms with Crippen molar-refractivity contribution in [3.8, 4) is 0 Å². The van der Waals surface area contributed by atoms with Crippen LogP contribution in [0.4, 0.5) is 0 Å². The molecule has 114 valence electrons. The number of likely N-dealkylation sites (tertiary alicyclic amines) is 1. The fraction of sp³-hybridized carbons (Fsp3) is 0.500. The van der Waals surface area contributed by atoms with Crippen LogP contribution in [0.5, 0.6) is 0 Å². The van der Waals surface area contributed by atoms with Gasteiger partial charge in [-0.15, -0.1) is 11.3 Å². The molecule has 2 aromatic heterocycles. The number of hydrogen-bond acceptors (Lipinski definition) is 4. The van der Waals surface area contributed by atoms with Crippen molar-refractivity contribution in [1.29, 1.82) is 0 Å². The molecule has 2 unspecified atom stereocenters. The zero-order chi connectivity index (χ0) is 14.7. The summed E-state index contributed by atoms with van der Waals surface area (Å²) in [6.45, 7) is 5.77. The van der Waals surface area contributed by atoms with E-state index in [-0.39, 0.29) is 6.04 Å². The predicted octanol–water partition coefficient (Wildman–Crippen LogP) is 4.16. The van der Waals surface area contributed by atoms with Gasteiger partial charge in [-0.25, -0.2) is 0 Å². The van der Waals surface area contributed by atoms with Crippen LogP contribution in [-0.2, 0) is 0 Å². The molecule has 1 fully saturated rings. The highest BCUT2D eigenvalue weighted by atomic mass is 35.5. The Hall–Kier alpha value is -0.810. The van der Waals surface area contributed by atoms with Gasteiger partial charge in [0.05, 0.1) is 10.6 Å². The Balaban J connectivity index is 1.70. The zero-order valence-corrected chi connectivity index (χ0v) is 13.8. The number of furan rings is 1. The Kier molecular flexibility index (Phi) is 5.01. The number of rotatable bonds is 6. The minimum absolute atomic E-state index is 0.0788. The number of nitrogens with zero attached hydrogens (tertiary/aromatic N) is 1. The lowest BCUT2D eigenvalue weighted by Crippen LogP contribution is -2.39. The van der Waals surface area contributed by atoms with Crippen LogP contribution in [-0.4, -0.2) is 30.6 Å². The van der Waals surface area contributed by atoms with Crippen LogP contribution in [0.25, 0.3) is 0 Å². The average Bonchev–Trinajstić information content (AvgIpc) is 3.18. The maximum atomic E-state index is 6.09. The van der Waals surface area contributed by atoms with E-state index in [4.69, 9.17) is 16.0 Å². The fourth-order valence-corrected chi connectivity index (χ4v) is 4.06. The van der Waals surface area contributed by atoms with Gasteiger partial charge < -0.3 is 9.32 Å². The van der Waals surface area contributed by atoms with E-state index in [0.29, 0.717) is 6.04 Å². The molecule has 1 N–H and O–H groups in total. The van der Waals surface area contributed by atoms with Gasteiger partial charge in [-0.2, -0.15) is 0 Å². The first kappa shape index (κ1) is 15.1. The smallest absolute Gasteiger partial charge is 0.126 e. The van der Waals surface area contributed by atoms with E-state index in [0.717, 1.165) is 16.6 Å². The van der Waals surface area contributed by atoms with Crippen molar-refractivity contribution >= 4 is 22.9 Å². The third kappa shape index (κ3) is 3.89. The largest absolute Gasteiger partial charge is 0.467 e. The van der Waals surface area contributed by atoms with Crippen molar-refractivity contribution in [2.75, 3.05) is 19.6 Å². The number of thiophene rings is 1. The lowest BCUT2D eigenvalue weighted by Gasteiger charge is -2.25. The first-order valence-electron chi connectivity index (χ1n) is 7.49. The van der Waals surface area contributed by atoms with Crippen LogP contribution in [0.2, 0.25) is 4.34 Å². The second-order valence-corrected chi connectivity index (χ2v) is 7.41. The molecule has 0 amide bonds. The molecule has 2 aromatic rings. The predicted molar refractivity (Wildman–Crippen MR) is 88.2 cm³/mol. The Morgan fingerprint density at radius 3 is 2.76 bits per heavy atom. The summed E-state index contributed by atoms with van der Waals surface area (Å²) >= 11 is 7.70. The molecule has 0 spiro atoms. The highest BCUT2D eigenvalue weighted by molar-refractivity contribution is 7.16. The summed E-state index contributed by atoms with van der Waals surface area (Å²) in [5, 5.41) is 3.69. The number of hydrogen-bond donors (Lipinski definition) is 1. The Labute approximate surface area is 134 Å². The summed E-state index contributed by atoms with van der Waals surface area (Å²) in [6.07, 6.45) is 4.38. The summed E-state index contributed by atoms with van der Waals surface area (Å²) in [7, 11) is 0. The van der Waals surface area contributed by atoms with Gasteiger partial charge in [-0.3, -0.25) is 5.32 Å². The van der Waals surface area contributed by atoms with E-state index in [9.17, 15) is 0 Å². The van der Waals surface area contributed by atoms with Gasteiger partial charge in [0, 0.05) is 17.5 Å². The van der Waals surface area contributed by atoms with E-state index < -0.39 is 0 Å². The molecule has 21 heavy (non-hydrogen) atoms. The maximum Gasteiger partial charge on any atom is 0.126 e. The topological polar surface area (TPSA) is 28.4 Å². The second kappa shape index (κ2) is 6.97. The summed E-state index contributed by atoms with van der Waals surface area (Å²) in [5.41, 5.74) is 0. The quantitative estimate of drug-likeness (QED) is 0.865. The summed E-state index contributed by atoms with van der Waals surface area (Å²) in [6, 6.07) is 8.47. The molecule has 1 saturated heterocycles. The standard InChI is InChI=1S/C16H21ClN2OS/c1-12(11-19-8-2-3-9-19)18-16(13-5-4-10-20-13)14-6-7-15(17)21-14/h4-7,10,12,16,18H,2-3,8-9,11H2,1H3. The molecule has 3 nitrogen and oxygen atoms in total. The molecule has 3 heterocycles. The fourth-order valence-electron chi connectivity index (χ4n) is 2.93. The molecule has 5 heteroatoms. The number of halogens is 1. The van der Waals surface area contributed by atoms with Gasteiger partial charge in [-0.1, -0.05) is 11.6 Å². The van der Waals surface area contributed by atoms with Crippen LogP contribution in [0.3, 0.4) is 0 Å². The molecule has 0 bridgehead atoms. The van der Waals surface area contributed by atoms with E-state index in [1.54, 1.807) is 17.6 Å². The van der Waals surface area contributed by atoms with E-state index >= 15 is 0 Å². The number of nitrogens with one attached hydrogen (secondary N) is 1. The molecule has 0 radical (unpaired) electrons. The molecule has 0 aliphatic carbocycles. The molecule has 3 rings (SSSR count). The monoisotopic (exact) mass is 324 g/mol. The van der Waals surface area contributed by atoms with E-state index in [1.807, 2.05) is 18.2 Å². The van der Waals surface area contributed by atoms with Gasteiger partial charge in [0.2, 0.25) is 0 Å². The SMILES string of the molecule is CC(CN1CCCC1)NC(c1ccco1)c1ccc(Cl)s1. The van der Waals surface area contributed by atoms with Gasteiger partial charge in [0.25, 0.3) is 0 Å². The molecule has 0 saturated carbocycles. The summed E-state index contributed by atoms with van der Waals surface area (Å²) < 4.78 is 6.43. The third-order valence-corrected chi connectivity index (χ3v) is 5.18. The van der Waals surface area contributed by atoms with Gasteiger partial charge in [-0.05, 0) is 57.1 Å². The van der Waals surface area contributed by atoms with Crippen LogP contribution >= 0.6 is 22.9 Å². The van der Waals surface area contributed by atoms with Crippen LogP contribution in [0.15, 0.2) is 34.9 Å². The van der Waals surface area contributed by atoms with Crippen LogP contribution in [0, 0.1) is 0 Å². The highest BCUT2D eigenvalue weighted by Gasteiger charge is 2.22. The van der Waals surface area contributed by atoms with Crippen molar-refractivity contribution in [1.82, 2.24) is 10.2 Å². The second-order valence-electron chi connectivity index (χ2n) is 5.67. The molecule has 0 aromatic carbocycles. The van der Waals surface area contributed by atoms with Crippen LogP contribution in [0.1, 0.15) is 36.4 Å². The van der Waals surface area contributed by atoms with Crippen molar-refractivity contribution in [2.24, 2.45) is 0 Å². The summed E-state index contributed by atoms with van der Waals surface area (Å²) in [5.74, 6) is 0.946. The highest BCUT2D eigenvalue weighted by Crippen LogP contribution is 2.31. The Bertz CT molecular complexity index is 548. The Morgan fingerprint density at radius 2 is 2.14 bits per heavy atom. The third-order valence-electron chi connectivity index (χ3n) is 3.89. The van der Waals surface area contributed by atoms with E-state index in [2.05, 4.69) is 23.2 Å². The molecule has 1 aliphatic heterocycles. The van der Waals surface area contributed by atoms with Crippen molar-refractivity contribution in [2.45, 2.75) is 31.8 Å². The van der Waals surface area contributed by atoms with Crippen LogP contribution < -0.4 is 5.32 Å². The van der Waals surface area contributed by atoms with Gasteiger partial charge in [0.1, 0.15) is 11.8 Å². The van der Waals surface area contributed by atoms with E-state index in [1.165, 1.54) is 30.8 Å². The lowest BCUT2D eigenvalue weighted by atomic mass is 10.1. The van der Waals surface area contributed by atoms with Gasteiger partial charge >= 0.3 is 0 Å². The average molecular weight is 325 g/mol. The van der Waals surface area contributed by atoms with Crippen molar-refractivity contribution in [3.05, 3.63) is 45.5 Å². The van der Waals surface area contributed by atoms with Crippen molar-refractivity contribution < 1.29 is 4.42 Å². The first-order valence-corrected chi connectivity index (χ1v) is 8.69. The lowest BCUT2D eigenvalue weighted by molar-refractivity contribution is 0.286. The van der Waals surface area contributed by atoms with Crippen molar-refractivity contribution in [3.63, 3.8) is 0 Å². The molecular weight excluding hydrogens is 304 g/mol. The molecular formula is C16H21ClN2OS. The summed E-state index contributed by atoms with van der Waals surface area (Å²) in [4.78, 5) is 3.72. The van der Waals surface area contributed by atoms with Gasteiger partial charge in [0.15, 0.2) is 0 Å². The maximum absolute atomic E-state index is 6.09. The molecule has 1 aliphatic rings. The first-order chi connectivity index (χ1) is 10.2. The normalized spacial score (nSPS) is 19.0.